The van der Waals surface area contributed by atoms with Crippen LogP contribution in [0.3, 0.4) is 0 Å². The largest absolute Gasteiger partial charge is 0.346 e. The summed E-state index contributed by atoms with van der Waals surface area (Å²) in [5.41, 5.74) is -0.767. The summed E-state index contributed by atoms with van der Waals surface area (Å²) >= 11 is 0. The number of aryl methyl sites for hydroxylation is 1. The molecule has 1 aromatic rings. The molecule has 1 aliphatic carbocycles. The number of halogens is 1. The maximum atomic E-state index is 15.0. The Morgan fingerprint density at radius 3 is 2.67 bits per heavy atom. The number of alkyl halides is 1. The lowest BCUT2D eigenvalue weighted by Crippen LogP contribution is -2.53. The van der Waals surface area contributed by atoms with Gasteiger partial charge in [0.05, 0.1) is 5.54 Å². The molecule has 114 valence electrons. The van der Waals surface area contributed by atoms with Gasteiger partial charge in [0.1, 0.15) is 0 Å². The van der Waals surface area contributed by atoms with Crippen LogP contribution in [0, 0.1) is 6.92 Å². The number of nitrogens with one attached hydrogen (secondary N) is 1. The average molecular weight is 290 g/mol. The molecule has 3 rings (SSSR count). The van der Waals surface area contributed by atoms with E-state index in [1.54, 1.807) is 18.2 Å². The molecule has 1 amide bonds. The average Bonchev–Trinajstić information content (AvgIpc) is 3.14. The topological polar surface area (TPSA) is 32.3 Å². The van der Waals surface area contributed by atoms with Gasteiger partial charge in [-0.15, -0.1) is 0 Å². The molecule has 1 atom stereocenters. The first-order valence-electron chi connectivity index (χ1n) is 7.72. The molecule has 1 saturated carbocycles. The van der Waals surface area contributed by atoms with Crippen molar-refractivity contribution >= 4 is 5.91 Å². The summed E-state index contributed by atoms with van der Waals surface area (Å²) in [5.74, 6) is -0.508. The summed E-state index contributed by atoms with van der Waals surface area (Å²) in [6.45, 7) is 6.33. The number of benzene rings is 1. The second kappa shape index (κ2) is 5.09. The molecule has 0 aromatic heterocycles. The lowest BCUT2D eigenvalue weighted by atomic mass is 9.95. The Kier molecular flexibility index (Phi) is 3.52. The van der Waals surface area contributed by atoms with Crippen LogP contribution in [0.1, 0.15) is 37.3 Å². The molecular weight excluding hydrogens is 267 g/mol. The number of hydrogen-bond donors (Lipinski definition) is 1. The smallest absolute Gasteiger partial charge is 0.262 e. The Bertz CT molecular complexity index is 547. The maximum absolute atomic E-state index is 15.0. The molecule has 1 aromatic carbocycles. The molecule has 0 bridgehead atoms. The molecular formula is C17H23FN2O. The summed E-state index contributed by atoms with van der Waals surface area (Å²) in [6.07, 6.45) is 3.15. The summed E-state index contributed by atoms with van der Waals surface area (Å²) in [6, 6.07) is 7.13. The van der Waals surface area contributed by atoms with Crippen molar-refractivity contribution in [2.24, 2.45) is 0 Å². The third-order valence-corrected chi connectivity index (χ3v) is 4.69. The van der Waals surface area contributed by atoms with E-state index in [2.05, 4.69) is 10.2 Å². The van der Waals surface area contributed by atoms with Crippen molar-refractivity contribution in [3.05, 3.63) is 35.4 Å². The molecule has 2 fully saturated rings. The lowest BCUT2D eigenvalue weighted by Gasteiger charge is -2.35. The molecule has 0 radical (unpaired) electrons. The van der Waals surface area contributed by atoms with E-state index in [4.69, 9.17) is 0 Å². The molecule has 2 aliphatic rings. The van der Waals surface area contributed by atoms with E-state index in [-0.39, 0.29) is 5.54 Å². The molecule has 4 heteroatoms. The van der Waals surface area contributed by atoms with Crippen molar-refractivity contribution < 1.29 is 9.18 Å². The zero-order valence-corrected chi connectivity index (χ0v) is 12.8. The maximum Gasteiger partial charge on any atom is 0.262 e. The number of amides is 1. The summed E-state index contributed by atoms with van der Waals surface area (Å²) in [4.78, 5) is 14.7. The molecule has 1 saturated heterocycles. The first kappa shape index (κ1) is 14.5. The molecule has 3 nitrogen and oxygen atoms in total. The Morgan fingerprint density at radius 2 is 2.14 bits per heavy atom. The first-order valence-corrected chi connectivity index (χ1v) is 7.72. The molecule has 1 unspecified atom stereocenters. The molecule has 21 heavy (non-hydrogen) atoms. The number of carbonyl (C=O) groups is 1. The third kappa shape index (κ3) is 2.95. The van der Waals surface area contributed by atoms with Gasteiger partial charge in [-0.3, -0.25) is 4.79 Å². The minimum absolute atomic E-state index is 0.186. The van der Waals surface area contributed by atoms with E-state index in [0.29, 0.717) is 5.56 Å². The van der Waals surface area contributed by atoms with Gasteiger partial charge in [0, 0.05) is 6.54 Å². The van der Waals surface area contributed by atoms with Crippen molar-refractivity contribution in [2.75, 3.05) is 19.6 Å². The zero-order valence-electron chi connectivity index (χ0n) is 12.8. The predicted octanol–water partition coefficient (Wildman–Crippen LogP) is 2.53. The fraction of sp³-hybridized carbons (Fsp3) is 0.588. The number of carbonyl (C=O) groups excluding carboxylic acids is 1. The van der Waals surface area contributed by atoms with Gasteiger partial charge in [-0.05, 0) is 51.8 Å². The SMILES string of the molecule is Cc1cccc(C(C)(F)C(=O)NC2(CN3CCC3)CC2)c1. The third-order valence-electron chi connectivity index (χ3n) is 4.69. The van der Waals surface area contributed by atoms with Crippen LogP contribution < -0.4 is 5.32 Å². The van der Waals surface area contributed by atoms with Crippen LogP contribution in [-0.4, -0.2) is 36.0 Å². The van der Waals surface area contributed by atoms with Crippen LogP contribution in [0.5, 0.6) is 0 Å². The fourth-order valence-electron chi connectivity index (χ4n) is 2.87. The van der Waals surface area contributed by atoms with Crippen LogP contribution in [0.2, 0.25) is 0 Å². The molecule has 1 N–H and O–H groups in total. The van der Waals surface area contributed by atoms with Gasteiger partial charge in [0.25, 0.3) is 5.91 Å². The number of nitrogens with zero attached hydrogens (tertiary/aromatic N) is 1. The molecule has 0 spiro atoms. The molecule has 1 heterocycles. The van der Waals surface area contributed by atoms with Crippen LogP contribution in [-0.2, 0) is 10.5 Å². The van der Waals surface area contributed by atoms with Gasteiger partial charge in [0.2, 0.25) is 5.67 Å². The van der Waals surface area contributed by atoms with Gasteiger partial charge in [-0.1, -0.05) is 29.8 Å². The van der Waals surface area contributed by atoms with E-state index in [1.807, 2.05) is 13.0 Å². The Morgan fingerprint density at radius 1 is 1.43 bits per heavy atom. The monoisotopic (exact) mass is 290 g/mol. The minimum Gasteiger partial charge on any atom is -0.346 e. The summed E-state index contributed by atoms with van der Waals surface area (Å²) in [5, 5.41) is 2.97. The van der Waals surface area contributed by atoms with E-state index in [0.717, 1.165) is 38.0 Å². The fourth-order valence-corrected chi connectivity index (χ4v) is 2.87. The number of likely N-dealkylation sites (tertiary alicyclic amines) is 1. The Hall–Kier alpha value is -1.42. The first-order chi connectivity index (χ1) is 9.91. The van der Waals surface area contributed by atoms with Crippen molar-refractivity contribution in [1.82, 2.24) is 10.2 Å². The van der Waals surface area contributed by atoms with Crippen molar-refractivity contribution in [1.29, 1.82) is 0 Å². The summed E-state index contributed by atoms with van der Waals surface area (Å²) < 4.78 is 15.0. The van der Waals surface area contributed by atoms with E-state index < -0.39 is 11.6 Å². The highest BCUT2D eigenvalue weighted by Gasteiger charge is 2.49. The van der Waals surface area contributed by atoms with Crippen LogP contribution in [0.4, 0.5) is 4.39 Å². The van der Waals surface area contributed by atoms with Gasteiger partial charge in [0.15, 0.2) is 0 Å². The highest BCUT2D eigenvalue weighted by molar-refractivity contribution is 5.87. The van der Waals surface area contributed by atoms with Gasteiger partial charge < -0.3 is 10.2 Å². The predicted molar refractivity (Wildman–Crippen MR) is 80.8 cm³/mol. The van der Waals surface area contributed by atoms with E-state index in [9.17, 15) is 9.18 Å². The van der Waals surface area contributed by atoms with Gasteiger partial charge >= 0.3 is 0 Å². The zero-order chi connectivity index (χ0) is 15.1. The molecule has 1 aliphatic heterocycles. The van der Waals surface area contributed by atoms with Crippen molar-refractivity contribution in [3.63, 3.8) is 0 Å². The van der Waals surface area contributed by atoms with Crippen LogP contribution in [0.25, 0.3) is 0 Å². The number of rotatable bonds is 5. The second-order valence-corrected chi connectivity index (χ2v) is 6.74. The normalized spacial score (nSPS) is 23.0. The lowest BCUT2D eigenvalue weighted by molar-refractivity contribution is -0.133. The van der Waals surface area contributed by atoms with Crippen LogP contribution >= 0.6 is 0 Å². The van der Waals surface area contributed by atoms with Crippen molar-refractivity contribution in [3.8, 4) is 0 Å². The Balaban J connectivity index is 1.69. The standard InChI is InChI=1S/C17H23FN2O/c1-13-5-3-6-14(11-13)16(2,18)15(21)19-17(7-8-17)12-20-9-4-10-20/h3,5-6,11H,4,7-10,12H2,1-2H3,(H,19,21). The van der Waals surface area contributed by atoms with Crippen molar-refractivity contribution in [2.45, 2.75) is 44.3 Å². The van der Waals surface area contributed by atoms with Crippen LogP contribution in [0.15, 0.2) is 24.3 Å². The minimum atomic E-state index is -1.98. The van der Waals surface area contributed by atoms with E-state index >= 15 is 0 Å². The quantitative estimate of drug-likeness (QED) is 0.904. The van der Waals surface area contributed by atoms with Gasteiger partial charge in [-0.25, -0.2) is 4.39 Å². The second-order valence-electron chi connectivity index (χ2n) is 6.74. The summed E-state index contributed by atoms with van der Waals surface area (Å²) in [7, 11) is 0. The van der Waals surface area contributed by atoms with Gasteiger partial charge in [-0.2, -0.15) is 0 Å². The van der Waals surface area contributed by atoms with E-state index in [1.165, 1.54) is 13.3 Å². The highest BCUT2D eigenvalue weighted by atomic mass is 19.1. The Labute approximate surface area is 125 Å². The highest BCUT2D eigenvalue weighted by Crippen LogP contribution is 2.39. The number of hydrogen-bond acceptors (Lipinski definition) is 2.